The summed E-state index contributed by atoms with van der Waals surface area (Å²) < 4.78 is 5.69. The number of hydrogen-bond donors (Lipinski definition) is 2. The van der Waals surface area contributed by atoms with E-state index in [1.165, 1.54) is 25.7 Å². The van der Waals surface area contributed by atoms with Gasteiger partial charge in [0.05, 0.1) is 0 Å². The molecule has 1 atom stereocenters. The fourth-order valence-corrected chi connectivity index (χ4v) is 3.15. The number of hydrogen-bond acceptors (Lipinski definition) is 3. The summed E-state index contributed by atoms with van der Waals surface area (Å²) in [7, 11) is 0. The molecule has 3 heteroatoms. The van der Waals surface area contributed by atoms with Crippen LogP contribution in [-0.4, -0.2) is 30.9 Å². The van der Waals surface area contributed by atoms with E-state index in [0.717, 1.165) is 35.6 Å². The molecule has 3 nitrogen and oxygen atoms in total. The molecule has 0 amide bonds. The van der Waals surface area contributed by atoms with Crippen molar-refractivity contribution in [3.8, 4) is 5.75 Å². The molecule has 1 unspecified atom stereocenters. The molecule has 2 aliphatic rings. The Bertz CT molecular complexity index is 442. The molecule has 0 bridgehead atoms. The normalized spacial score (nSPS) is 19.8. The highest BCUT2D eigenvalue weighted by atomic mass is 16.5. The van der Waals surface area contributed by atoms with Crippen LogP contribution in [0.1, 0.15) is 31.2 Å². The smallest absolute Gasteiger partial charge is 0.122 e. The van der Waals surface area contributed by atoms with Crippen LogP contribution in [0.5, 0.6) is 5.75 Å². The summed E-state index contributed by atoms with van der Waals surface area (Å²) in [5, 5.41) is 13.5. The summed E-state index contributed by atoms with van der Waals surface area (Å²) in [6.07, 6.45) is 5.23. The fourth-order valence-electron chi connectivity index (χ4n) is 3.15. The first kappa shape index (κ1) is 14.9. The number of aryl methyl sites for hydroxylation is 1. The van der Waals surface area contributed by atoms with Crippen LogP contribution < -0.4 is 10.1 Å². The summed E-state index contributed by atoms with van der Waals surface area (Å²) in [6.45, 7) is 4.07. The predicted molar refractivity (Wildman–Crippen MR) is 84.5 cm³/mol. The molecule has 2 saturated carbocycles. The van der Waals surface area contributed by atoms with Gasteiger partial charge >= 0.3 is 0 Å². The summed E-state index contributed by atoms with van der Waals surface area (Å²) in [5.74, 6) is 3.65. The quantitative estimate of drug-likeness (QED) is 0.734. The van der Waals surface area contributed by atoms with E-state index in [1.54, 1.807) is 0 Å². The minimum absolute atomic E-state index is 0.357. The zero-order valence-electron chi connectivity index (χ0n) is 12.9. The van der Waals surface area contributed by atoms with E-state index in [9.17, 15) is 5.11 Å². The first-order chi connectivity index (χ1) is 10.2. The first-order valence-electron chi connectivity index (χ1n) is 8.31. The van der Waals surface area contributed by atoms with Crippen molar-refractivity contribution in [3.63, 3.8) is 0 Å². The summed E-state index contributed by atoms with van der Waals surface area (Å²) >= 11 is 0. The van der Waals surface area contributed by atoms with Crippen molar-refractivity contribution in [1.82, 2.24) is 5.32 Å². The van der Waals surface area contributed by atoms with Crippen LogP contribution in [0.15, 0.2) is 24.3 Å². The van der Waals surface area contributed by atoms with E-state index in [4.69, 9.17) is 4.74 Å². The van der Waals surface area contributed by atoms with Crippen LogP contribution in [-0.2, 0) is 0 Å². The van der Waals surface area contributed by atoms with Crippen LogP contribution in [0.25, 0.3) is 0 Å². The van der Waals surface area contributed by atoms with Crippen LogP contribution >= 0.6 is 0 Å². The molecule has 2 aliphatic carbocycles. The Morgan fingerprint density at radius 3 is 2.43 bits per heavy atom. The lowest BCUT2D eigenvalue weighted by atomic mass is 9.98. The van der Waals surface area contributed by atoms with E-state index in [0.29, 0.717) is 13.2 Å². The monoisotopic (exact) mass is 289 g/mol. The van der Waals surface area contributed by atoms with E-state index < -0.39 is 6.10 Å². The molecule has 116 valence electrons. The van der Waals surface area contributed by atoms with Crippen LogP contribution in [0.2, 0.25) is 0 Å². The number of nitrogens with one attached hydrogen (secondary N) is 1. The number of para-hydroxylation sites is 1. The average Bonchev–Trinajstić information content (AvgIpc) is 3.36. The highest BCUT2D eigenvalue weighted by molar-refractivity contribution is 5.31. The van der Waals surface area contributed by atoms with Crippen molar-refractivity contribution in [1.29, 1.82) is 0 Å². The third-order valence-corrected chi connectivity index (χ3v) is 4.74. The second-order valence-electron chi connectivity index (χ2n) is 6.73. The molecule has 2 N–H and O–H groups in total. The number of benzene rings is 1. The Hall–Kier alpha value is -1.06. The number of aliphatic hydroxyl groups excluding tert-OH is 1. The molecule has 0 radical (unpaired) electrons. The Morgan fingerprint density at radius 1 is 1.14 bits per heavy atom. The van der Waals surface area contributed by atoms with Gasteiger partial charge in [0.25, 0.3) is 0 Å². The van der Waals surface area contributed by atoms with Gasteiger partial charge in [-0.05, 0) is 68.5 Å². The van der Waals surface area contributed by atoms with Crippen molar-refractivity contribution in [2.75, 3.05) is 19.7 Å². The third kappa shape index (κ3) is 4.45. The van der Waals surface area contributed by atoms with Crippen LogP contribution in [0.4, 0.5) is 0 Å². The molecular formula is C18H27NO2. The maximum Gasteiger partial charge on any atom is 0.122 e. The van der Waals surface area contributed by atoms with Crippen molar-refractivity contribution in [3.05, 3.63) is 29.8 Å². The zero-order valence-corrected chi connectivity index (χ0v) is 12.9. The lowest BCUT2D eigenvalue weighted by Crippen LogP contribution is -2.35. The van der Waals surface area contributed by atoms with Crippen LogP contribution in [0, 0.1) is 24.7 Å². The predicted octanol–water partition coefficient (Wildman–Crippen LogP) is 2.76. The first-order valence-corrected chi connectivity index (χ1v) is 8.31. The minimum atomic E-state index is -0.441. The van der Waals surface area contributed by atoms with Gasteiger partial charge in [0.2, 0.25) is 0 Å². The van der Waals surface area contributed by atoms with E-state index in [1.807, 2.05) is 31.2 Å². The molecule has 0 aliphatic heterocycles. The molecule has 1 aromatic rings. The van der Waals surface area contributed by atoms with Crippen molar-refractivity contribution < 1.29 is 9.84 Å². The molecule has 3 rings (SSSR count). The van der Waals surface area contributed by atoms with Crippen molar-refractivity contribution in [2.24, 2.45) is 17.8 Å². The fraction of sp³-hybridized carbons (Fsp3) is 0.667. The number of ether oxygens (including phenoxy) is 1. The standard InChI is InChI=1S/C18H27NO2/c1-13-4-2-3-5-18(13)21-12-16(20)10-19-11-17(14-6-7-14)15-8-9-15/h2-5,14-17,19-20H,6-12H2,1H3. The zero-order chi connectivity index (χ0) is 14.7. The molecule has 2 fully saturated rings. The Kier molecular flexibility index (Phi) is 4.81. The third-order valence-electron chi connectivity index (χ3n) is 4.74. The van der Waals surface area contributed by atoms with E-state index in [-0.39, 0.29) is 0 Å². The van der Waals surface area contributed by atoms with Gasteiger partial charge in [-0.25, -0.2) is 0 Å². The second-order valence-corrected chi connectivity index (χ2v) is 6.73. The molecule has 1 aromatic carbocycles. The maximum atomic E-state index is 10.0. The average molecular weight is 289 g/mol. The van der Waals surface area contributed by atoms with Gasteiger partial charge < -0.3 is 15.2 Å². The van der Waals surface area contributed by atoms with Crippen molar-refractivity contribution >= 4 is 0 Å². The summed E-state index contributed by atoms with van der Waals surface area (Å²) in [4.78, 5) is 0. The topological polar surface area (TPSA) is 41.5 Å². The largest absolute Gasteiger partial charge is 0.491 e. The van der Waals surface area contributed by atoms with Crippen molar-refractivity contribution in [2.45, 2.75) is 38.7 Å². The number of aliphatic hydroxyl groups is 1. The van der Waals surface area contributed by atoms with Gasteiger partial charge in [-0.1, -0.05) is 18.2 Å². The van der Waals surface area contributed by atoms with E-state index in [2.05, 4.69) is 5.32 Å². The molecule has 0 aromatic heterocycles. The minimum Gasteiger partial charge on any atom is -0.491 e. The second kappa shape index (κ2) is 6.80. The molecule has 0 spiro atoms. The van der Waals surface area contributed by atoms with Gasteiger partial charge in [0, 0.05) is 6.54 Å². The molecule has 21 heavy (non-hydrogen) atoms. The Labute approximate surface area is 127 Å². The molecule has 0 saturated heterocycles. The van der Waals surface area contributed by atoms with Gasteiger partial charge in [-0.15, -0.1) is 0 Å². The highest BCUT2D eigenvalue weighted by Crippen LogP contribution is 2.48. The van der Waals surface area contributed by atoms with E-state index >= 15 is 0 Å². The number of rotatable bonds is 9. The Morgan fingerprint density at radius 2 is 1.81 bits per heavy atom. The summed E-state index contributed by atoms with van der Waals surface area (Å²) in [6, 6.07) is 7.93. The van der Waals surface area contributed by atoms with Gasteiger partial charge in [-0.2, -0.15) is 0 Å². The lowest BCUT2D eigenvalue weighted by Gasteiger charge is -2.18. The summed E-state index contributed by atoms with van der Waals surface area (Å²) in [5.41, 5.74) is 1.11. The lowest BCUT2D eigenvalue weighted by molar-refractivity contribution is 0.104. The molecular weight excluding hydrogens is 262 g/mol. The SMILES string of the molecule is Cc1ccccc1OCC(O)CNCC(C1CC1)C1CC1. The highest BCUT2D eigenvalue weighted by Gasteiger charge is 2.40. The van der Waals surface area contributed by atoms with Gasteiger partial charge in [-0.3, -0.25) is 0 Å². The van der Waals surface area contributed by atoms with Crippen LogP contribution in [0.3, 0.4) is 0 Å². The maximum absolute atomic E-state index is 10.0. The Balaban J connectivity index is 1.34. The molecule has 0 heterocycles. The van der Waals surface area contributed by atoms with Gasteiger partial charge in [0.15, 0.2) is 0 Å². The van der Waals surface area contributed by atoms with Gasteiger partial charge in [0.1, 0.15) is 18.5 Å².